The normalized spacial score (nSPS) is 15.7. The number of amides is 1. The lowest BCUT2D eigenvalue weighted by Gasteiger charge is -2.34. The molecular weight excluding hydrogens is 256 g/mol. The molecule has 0 N–H and O–H groups in total. The SMILES string of the molecule is C/C=C/C(=O)N1CCN(c2ccc(OCC)nn2)CC1. The van der Waals surface area contributed by atoms with Gasteiger partial charge in [-0.15, -0.1) is 10.2 Å². The molecule has 1 amide bonds. The van der Waals surface area contributed by atoms with Crippen molar-refractivity contribution in [1.29, 1.82) is 0 Å². The monoisotopic (exact) mass is 276 g/mol. The number of piperazine rings is 1. The van der Waals surface area contributed by atoms with Crippen LogP contribution in [-0.4, -0.2) is 53.8 Å². The van der Waals surface area contributed by atoms with E-state index in [0.717, 1.165) is 18.9 Å². The number of hydrogen-bond donors (Lipinski definition) is 0. The molecule has 6 heteroatoms. The molecule has 20 heavy (non-hydrogen) atoms. The van der Waals surface area contributed by atoms with E-state index in [0.29, 0.717) is 25.6 Å². The van der Waals surface area contributed by atoms with Gasteiger partial charge in [0.05, 0.1) is 6.61 Å². The number of ether oxygens (including phenoxy) is 1. The second kappa shape index (κ2) is 6.88. The summed E-state index contributed by atoms with van der Waals surface area (Å²) in [6, 6.07) is 3.73. The van der Waals surface area contributed by atoms with Crippen LogP contribution in [0.1, 0.15) is 13.8 Å². The minimum absolute atomic E-state index is 0.0740. The zero-order valence-electron chi connectivity index (χ0n) is 12.0. The number of hydrogen-bond acceptors (Lipinski definition) is 5. The number of rotatable bonds is 4. The number of allylic oxidation sites excluding steroid dienone is 1. The fraction of sp³-hybridized carbons (Fsp3) is 0.500. The molecule has 6 nitrogen and oxygen atoms in total. The summed E-state index contributed by atoms with van der Waals surface area (Å²) in [6.07, 6.45) is 3.37. The molecule has 0 radical (unpaired) electrons. The Morgan fingerprint density at radius 1 is 1.30 bits per heavy atom. The first-order chi connectivity index (χ1) is 9.74. The maximum Gasteiger partial charge on any atom is 0.246 e. The zero-order valence-corrected chi connectivity index (χ0v) is 12.0. The van der Waals surface area contributed by atoms with Gasteiger partial charge >= 0.3 is 0 Å². The summed E-state index contributed by atoms with van der Waals surface area (Å²) < 4.78 is 5.27. The van der Waals surface area contributed by atoms with Crippen molar-refractivity contribution in [3.8, 4) is 5.88 Å². The van der Waals surface area contributed by atoms with Gasteiger partial charge in [-0.2, -0.15) is 0 Å². The molecular formula is C14H20N4O2. The predicted molar refractivity (Wildman–Crippen MR) is 76.8 cm³/mol. The Bertz CT molecular complexity index is 465. The molecule has 0 unspecified atom stereocenters. The molecule has 1 aromatic heterocycles. The number of carbonyl (C=O) groups excluding carboxylic acids is 1. The molecule has 0 saturated carbocycles. The van der Waals surface area contributed by atoms with Crippen molar-refractivity contribution in [3.05, 3.63) is 24.3 Å². The lowest BCUT2D eigenvalue weighted by molar-refractivity contribution is -0.126. The van der Waals surface area contributed by atoms with Gasteiger partial charge in [-0.05, 0) is 26.0 Å². The third kappa shape index (κ3) is 3.46. The molecule has 1 aliphatic rings. The highest BCUT2D eigenvalue weighted by Crippen LogP contribution is 2.15. The number of nitrogens with zero attached hydrogens (tertiary/aromatic N) is 4. The van der Waals surface area contributed by atoms with E-state index in [1.807, 2.05) is 30.9 Å². The third-order valence-electron chi connectivity index (χ3n) is 3.14. The maximum atomic E-state index is 11.7. The second-order valence-electron chi connectivity index (χ2n) is 4.48. The summed E-state index contributed by atoms with van der Waals surface area (Å²) >= 11 is 0. The van der Waals surface area contributed by atoms with E-state index in [4.69, 9.17) is 4.74 Å². The Morgan fingerprint density at radius 2 is 2.05 bits per heavy atom. The summed E-state index contributed by atoms with van der Waals surface area (Å²) in [5.41, 5.74) is 0. The molecule has 0 bridgehead atoms. The lowest BCUT2D eigenvalue weighted by atomic mass is 10.3. The van der Waals surface area contributed by atoms with Crippen molar-refractivity contribution in [3.63, 3.8) is 0 Å². The molecule has 2 rings (SSSR count). The van der Waals surface area contributed by atoms with Gasteiger partial charge in [-0.1, -0.05) is 6.08 Å². The van der Waals surface area contributed by atoms with Crippen molar-refractivity contribution >= 4 is 11.7 Å². The van der Waals surface area contributed by atoms with Crippen molar-refractivity contribution in [2.75, 3.05) is 37.7 Å². The highest BCUT2D eigenvalue weighted by molar-refractivity contribution is 5.87. The van der Waals surface area contributed by atoms with Crippen LogP contribution in [0.3, 0.4) is 0 Å². The molecule has 1 fully saturated rings. The lowest BCUT2D eigenvalue weighted by Crippen LogP contribution is -2.48. The minimum Gasteiger partial charge on any atom is -0.477 e. The van der Waals surface area contributed by atoms with Gasteiger partial charge in [-0.3, -0.25) is 4.79 Å². The first-order valence-electron chi connectivity index (χ1n) is 6.87. The summed E-state index contributed by atoms with van der Waals surface area (Å²) in [5.74, 6) is 1.44. The van der Waals surface area contributed by atoms with Crippen molar-refractivity contribution in [2.24, 2.45) is 0 Å². The standard InChI is InChI=1S/C14H20N4O2/c1-3-5-14(19)18-10-8-17(9-11-18)12-6-7-13(16-15-12)20-4-2/h3,5-7H,4,8-11H2,1-2H3/b5-3+. The van der Waals surface area contributed by atoms with Gasteiger partial charge in [0.1, 0.15) is 0 Å². The number of anilines is 1. The van der Waals surface area contributed by atoms with Crippen LogP contribution in [-0.2, 0) is 4.79 Å². The average molecular weight is 276 g/mol. The molecule has 0 atom stereocenters. The Hall–Kier alpha value is -2.11. The quantitative estimate of drug-likeness (QED) is 0.771. The third-order valence-corrected chi connectivity index (χ3v) is 3.14. The highest BCUT2D eigenvalue weighted by atomic mass is 16.5. The minimum atomic E-state index is 0.0740. The largest absolute Gasteiger partial charge is 0.477 e. The van der Waals surface area contributed by atoms with E-state index < -0.39 is 0 Å². The van der Waals surface area contributed by atoms with Crippen LogP contribution in [0.4, 0.5) is 5.82 Å². The van der Waals surface area contributed by atoms with E-state index in [-0.39, 0.29) is 5.91 Å². The first kappa shape index (κ1) is 14.3. The van der Waals surface area contributed by atoms with Gasteiger partial charge in [0.2, 0.25) is 11.8 Å². The molecule has 1 saturated heterocycles. The summed E-state index contributed by atoms with van der Waals surface area (Å²) in [7, 11) is 0. The van der Waals surface area contributed by atoms with E-state index in [9.17, 15) is 4.79 Å². The fourth-order valence-corrected chi connectivity index (χ4v) is 2.11. The number of aromatic nitrogens is 2. The van der Waals surface area contributed by atoms with Gasteiger partial charge in [0.15, 0.2) is 5.82 Å². The van der Waals surface area contributed by atoms with E-state index in [2.05, 4.69) is 15.1 Å². The van der Waals surface area contributed by atoms with Gasteiger partial charge in [0.25, 0.3) is 0 Å². The fourth-order valence-electron chi connectivity index (χ4n) is 2.11. The van der Waals surface area contributed by atoms with Crippen LogP contribution in [0.2, 0.25) is 0 Å². The molecule has 108 valence electrons. The van der Waals surface area contributed by atoms with Crippen LogP contribution >= 0.6 is 0 Å². The summed E-state index contributed by atoms with van der Waals surface area (Å²) in [5, 5.41) is 8.18. The Kier molecular flexibility index (Phi) is 4.92. The molecule has 0 spiro atoms. The Balaban J connectivity index is 1.91. The Labute approximate surface area is 119 Å². The van der Waals surface area contributed by atoms with E-state index in [1.165, 1.54) is 0 Å². The Morgan fingerprint density at radius 3 is 2.60 bits per heavy atom. The smallest absolute Gasteiger partial charge is 0.246 e. The van der Waals surface area contributed by atoms with Crippen LogP contribution < -0.4 is 9.64 Å². The zero-order chi connectivity index (χ0) is 14.4. The van der Waals surface area contributed by atoms with Gasteiger partial charge < -0.3 is 14.5 Å². The maximum absolute atomic E-state index is 11.7. The predicted octanol–water partition coefficient (Wildman–Crippen LogP) is 1.10. The van der Waals surface area contributed by atoms with Crippen molar-refractivity contribution in [2.45, 2.75) is 13.8 Å². The van der Waals surface area contributed by atoms with Gasteiger partial charge in [-0.25, -0.2) is 0 Å². The van der Waals surface area contributed by atoms with Crippen LogP contribution in [0.25, 0.3) is 0 Å². The second-order valence-corrected chi connectivity index (χ2v) is 4.48. The summed E-state index contributed by atoms with van der Waals surface area (Å²) in [6.45, 7) is 7.30. The average Bonchev–Trinajstić information content (AvgIpc) is 2.49. The van der Waals surface area contributed by atoms with Gasteiger partial charge in [0, 0.05) is 32.2 Å². The highest BCUT2D eigenvalue weighted by Gasteiger charge is 2.20. The molecule has 1 aromatic rings. The van der Waals surface area contributed by atoms with Crippen LogP contribution in [0.5, 0.6) is 5.88 Å². The van der Waals surface area contributed by atoms with Crippen LogP contribution in [0.15, 0.2) is 24.3 Å². The molecule has 0 aliphatic carbocycles. The van der Waals surface area contributed by atoms with E-state index >= 15 is 0 Å². The molecule has 0 aromatic carbocycles. The number of carbonyl (C=O) groups is 1. The molecule has 2 heterocycles. The molecule has 1 aliphatic heterocycles. The van der Waals surface area contributed by atoms with Crippen molar-refractivity contribution < 1.29 is 9.53 Å². The topological polar surface area (TPSA) is 58.6 Å². The van der Waals surface area contributed by atoms with Crippen LogP contribution in [0, 0.1) is 0 Å². The first-order valence-corrected chi connectivity index (χ1v) is 6.87. The van der Waals surface area contributed by atoms with Crippen molar-refractivity contribution in [1.82, 2.24) is 15.1 Å². The summed E-state index contributed by atoms with van der Waals surface area (Å²) in [4.78, 5) is 15.7. The van der Waals surface area contributed by atoms with E-state index in [1.54, 1.807) is 12.2 Å².